The lowest BCUT2D eigenvalue weighted by Gasteiger charge is -2.28. The standard InChI is InChI=1S/C17H24N4/c1-13-17(20-16-6-4-3-5-15(16)19-13)18-10-7-14-8-11-21(2)12-9-14/h3-6,14H,7-12H2,1-2H3,(H,18,20). The Labute approximate surface area is 126 Å². The number of likely N-dealkylation sites (tertiary alicyclic amines) is 1. The van der Waals surface area contributed by atoms with Gasteiger partial charge in [-0.2, -0.15) is 0 Å². The van der Waals surface area contributed by atoms with E-state index in [1.165, 1.54) is 32.4 Å². The van der Waals surface area contributed by atoms with E-state index in [2.05, 4.69) is 27.2 Å². The summed E-state index contributed by atoms with van der Waals surface area (Å²) < 4.78 is 0. The highest BCUT2D eigenvalue weighted by Gasteiger charge is 2.16. The fourth-order valence-corrected chi connectivity index (χ4v) is 3.00. The molecule has 1 saturated heterocycles. The number of fused-ring (bicyclic) bond motifs is 1. The lowest BCUT2D eigenvalue weighted by atomic mass is 9.94. The van der Waals surface area contributed by atoms with Crippen LogP contribution in [0.4, 0.5) is 5.82 Å². The predicted octanol–water partition coefficient (Wildman–Crippen LogP) is 3.08. The number of piperidine rings is 1. The number of rotatable bonds is 4. The molecule has 4 nitrogen and oxygen atoms in total. The molecule has 3 rings (SSSR count). The Balaban J connectivity index is 1.59. The zero-order valence-electron chi connectivity index (χ0n) is 13.0. The molecule has 1 fully saturated rings. The van der Waals surface area contributed by atoms with Gasteiger partial charge < -0.3 is 10.2 Å². The van der Waals surface area contributed by atoms with Crippen LogP contribution >= 0.6 is 0 Å². The van der Waals surface area contributed by atoms with E-state index >= 15 is 0 Å². The topological polar surface area (TPSA) is 41.1 Å². The quantitative estimate of drug-likeness (QED) is 0.936. The molecule has 0 aliphatic carbocycles. The van der Waals surface area contributed by atoms with Crippen molar-refractivity contribution in [3.8, 4) is 0 Å². The largest absolute Gasteiger partial charge is 0.369 e. The van der Waals surface area contributed by atoms with Gasteiger partial charge in [0.1, 0.15) is 5.82 Å². The molecule has 0 bridgehead atoms. The second-order valence-electron chi connectivity index (χ2n) is 6.11. The molecule has 112 valence electrons. The molecular weight excluding hydrogens is 260 g/mol. The third-order valence-corrected chi connectivity index (χ3v) is 4.43. The minimum absolute atomic E-state index is 0.849. The second-order valence-corrected chi connectivity index (χ2v) is 6.11. The van der Waals surface area contributed by atoms with E-state index in [1.54, 1.807) is 0 Å². The maximum absolute atomic E-state index is 4.69. The van der Waals surface area contributed by atoms with E-state index in [-0.39, 0.29) is 0 Å². The maximum atomic E-state index is 4.69. The van der Waals surface area contributed by atoms with Gasteiger partial charge in [0.25, 0.3) is 0 Å². The number of hydrogen-bond acceptors (Lipinski definition) is 4. The fraction of sp³-hybridized carbons (Fsp3) is 0.529. The first kappa shape index (κ1) is 14.3. The average Bonchev–Trinajstić information content (AvgIpc) is 2.50. The first-order valence-electron chi connectivity index (χ1n) is 7.88. The lowest BCUT2D eigenvalue weighted by Crippen LogP contribution is -2.30. The Hall–Kier alpha value is -1.68. The van der Waals surface area contributed by atoms with E-state index in [0.29, 0.717) is 0 Å². The highest BCUT2D eigenvalue weighted by molar-refractivity contribution is 5.76. The van der Waals surface area contributed by atoms with Crippen LogP contribution in [0.3, 0.4) is 0 Å². The molecular formula is C17H24N4. The molecule has 1 aromatic carbocycles. The van der Waals surface area contributed by atoms with Crippen molar-refractivity contribution >= 4 is 16.9 Å². The Morgan fingerprint density at radius 1 is 1.14 bits per heavy atom. The number of nitrogens with zero attached hydrogens (tertiary/aromatic N) is 3. The number of benzene rings is 1. The molecule has 21 heavy (non-hydrogen) atoms. The summed E-state index contributed by atoms with van der Waals surface area (Å²) in [6.07, 6.45) is 3.86. The highest BCUT2D eigenvalue weighted by atomic mass is 15.1. The average molecular weight is 284 g/mol. The first-order chi connectivity index (χ1) is 10.2. The van der Waals surface area contributed by atoms with Crippen LogP contribution in [0.1, 0.15) is 25.0 Å². The van der Waals surface area contributed by atoms with Gasteiger partial charge in [-0.1, -0.05) is 12.1 Å². The Morgan fingerprint density at radius 3 is 2.52 bits per heavy atom. The van der Waals surface area contributed by atoms with Crippen LogP contribution in [0, 0.1) is 12.8 Å². The fourth-order valence-electron chi connectivity index (χ4n) is 3.00. The number of hydrogen-bond donors (Lipinski definition) is 1. The minimum atomic E-state index is 0.849. The van der Waals surface area contributed by atoms with Gasteiger partial charge in [-0.05, 0) is 64.4 Å². The van der Waals surface area contributed by atoms with Gasteiger partial charge in [0, 0.05) is 6.54 Å². The van der Waals surface area contributed by atoms with E-state index in [9.17, 15) is 0 Å². The van der Waals surface area contributed by atoms with Gasteiger partial charge in [-0.3, -0.25) is 0 Å². The van der Waals surface area contributed by atoms with Gasteiger partial charge >= 0.3 is 0 Å². The molecule has 0 amide bonds. The van der Waals surface area contributed by atoms with E-state index in [0.717, 1.165) is 35.0 Å². The number of aryl methyl sites for hydroxylation is 1. The SMILES string of the molecule is Cc1nc2ccccc2nc1NCCC1CCN(C)CC1. The van der Waals surface area contributed by atoms with E-state index in [1.807, 2.05) is 31.2 Å². The van der Waals surface area contributed by atoms with Crippen LogP contribution in [-0.4, -0.2) is 41.5 Å². The zero-order valence-corrected chi connectivity index (χ0v) is 13.0. The van der Waals surface area contributed by atoms with Gasteiger partial charge in [-0.25, -0.2) is 9.97 Å². The van der Waals surface area contributed by atoms with Crippen molar-refractivity contribution in [3.63, 3.8) is 0 Å². The Kier molecular flexibility index (Phi) is 4.34. The smallest absolute Gasteiger partial charge is 0.148 e. The zero-order chi connectivity index (χ0) is 14.7. The molecule has 0 unspecified atom stereocenters. The van der Waals surface area contributed by atoms with Crippen molar-refractivity contribution in [2.24, 2.45) is 5.92 Å². The Morgan fingerprint density at radius 2 is 1.81 bits per heavy atom. The van der Waals surface area contributed by atoms with Crippen LogP contribution in [0.2, 0.25) is 0 Å². The number of para-hydroxylation sites is 2. The predicted molar refractivity (Wildman–Crippen MR) is 87.6 cm³/mol. The molecule has 0 atom stereocenters. The lowest BCUT2D eigenvalue weighted by molar-refractivity contribution is 0.215. The summed E-state index contributed by atoms with van der Waals surface area (Å²) in [5.41, 5.74) is 2.91. The molecule has 0 saturated carbocycles. The van der Waals surface area contributed by atoms with Crippen LogP contribution in [0.5, 0.6) is 0 Å². The van der Waals surface area contributed by atoms with Crippen LogP contribution in [0.15, 0.2) is 24.3 Å². The van der Waals surface area contributed by atoms with Crippen molar-refractivity contribution in [2.75, 3.05) is 32.0 Å². The molecule has 1 N–H and O–H groups in total. The summed E-state index contributed by atoms with van der Waals surface area (Å²) in [7, 11) is 2.21. The van der Waals surface area contributed by atoms with Crippen LogP contribution in [0.25, 0.3) is 11.0 Å². The summed E-state index contributed by atoms with van der Waals surface area (Å²) in [5.74, 6) is 1.78. The second kappa shape index (κ2) is 6.39. The Bertz CT molecular complexity index is 603. The van der Waals surface area contributed by atoms with Crippen LogP contribution in [-0.2, 0) is 0 Å². The number of nitrogens with one attached hydrogen (secondary N) is 1. The van der Waals surface area contributed by atoms with Crippen LogP contribution < -0.4 is 5.32 Å². The van der Waals surface area contributed by atoms with Crippen molar-refractivity contribution in [3.05, 3.63) is 30.0 Å². The molecule has 0 spiro atoms. The third-order valence-electron chi connectivity index (χ3n) is 4.43. The molecule has 1 aliphatic heterocycles. The molecule has 0 radical (unpaired) electrons. The van der Waals surface area contributed by atoms with Crippen molar-refractivity contribution in [1.29, 1.82) is 0 Å². The van der Waals surface area contributed by atoms with Gasteiger partial charge in [-0.15, -0.1) is 0 Å². The summed E-state index contributed by atoms with van der Waals surface area (Å²) in [6.45, 7) is 5.48. The van der Waals surface area contributed by atoms with Crippen molar-refractivity contribution in [1.82, 2.24) is 14.9 Å². The third kappa shape index (κ3) is 3.50. The summed E-state index contributed by atoms with van der Waals surface area (Å²) >= 11 is 0. The molecule has 1 aromatic heterocycles. The molecule has 2 aromatic rings. The monoisotopic (exact) mass is 284 g/mol. The minimum Gasteiger partial charge on any atom is -0.369 e. The summed E-state index contributed by atoms with van der Waals surface area (Å²) in [6, 6.07) is 8.04. The first-order valence-corrected chi connectivity index (χ1v) is 7.88. The van der Waals surface area contributed by atoms with Crippen molar-refractivity contribution in [2.45, 2.75) is 26.2 Å². The van der Waals surface area contributed by atoms with E-state index in [4.69, 9.17) is 0 Å². The van der Waals surface area contributed by atoms with E-state index < -0.39 is 0 Å². The maximum Gasteiger partial charge on any atom is 0.148 e. The molecule has 2 heterocycles. The van der Waals surface area contributed by atoms with Crippen molar-refractivity contribution < 1.29 is 0 Å². The number of aromatic nitrogens is 2. The van der Waals surface area contributed by atoms with Gasteiger partial charge in [0.05, 0.1) is 16.7 Å². The highest BCUT2D eigenvalue weighted by Crippen LogP contribution is 2.20. The summed E-state index contributed by atoms with van der Waals surface area (Å²) in [5, 5.41) is 3.48. The summed E-state index contributed by atoms with van der Waals surface area (Å²) in [4.78, 5) is 11.7. The normalized spacial score (nSPS) is 17.2. The molecule has 4 heteroatoms. The van der Waals surface area contributed by atoms with Gasteiger partial charge in [0.2, 0.25) is 0 Å². The number of anilines is 1. The molecule has 1 aliphatic rings. The van der Waals surface area contributed by atoms with Gasteiger partial charge in [0.15, 0.2) is 0 Å².